The maximum atomic E-state index is 13.8. The van der Waals surface area contributed by atoms with Crippen LogP contribution in [0.3, 0.4) is 0 Å². The van der Waals surface area contributed by atoms with Gasteiger partial charge in [0.25, 0.3) is 5.91 Å². The zero-order valence-corrected chi connectivity index (χ0v) is 22.2. The summed E-state index contributed by atoms with van der Waals surface area (Å²) in [5.41, 5.74) is 2.71. The summed E-state index contributed by atoms with van der Waals surface area (Å²) in [5, 5.41) is 2.08. The number of nitrogens with zero attached hydrogens (tertiary/aromatic N) is 2. The van der Waals surface area contributed by atoms with E-state index in [1.807, 2.05) is 49.9 Å². The monoisotopic (exact) mass is 506 g/mol. The van der Waals surface area contributed by atoms with Crippen molar-refractivity contribution in [2.45, 2.75) is 45.7 Å². The quantitative estimate of drug-likeness (QED) is 0.384. The van der Waals surface area contributed by atoms with Crippen LogP contribution < -0.4 is 9.47 Å². The standard InChI is InChI=1S/C29H34N2O4S/c1-5-21(3)31(29(33)22-10-8-11-23(17-22)34-4)18-28(32)30-15-13-27-24(14-16-36-27)25(30)19-35-26-12-7-6-9-20(26)2/h6-12,14,16-17,21,25H,5,13,15,18-19H2,1-4H3/t21-,25+/m1/s1. The fourth-order valence-corrected chi connectivity index (χ4v) is 5.50. The Hall–Kier alpha value is -3.32. The second-order valence-corrected chi connectivity index (χ2v) is 10.2. The van der Waals surface area contributed by atoms with Crippen LogP contribution in [-0.4, -0.2) is 54.5 Å². The highest BCUT2D eigenvalue weighted by Gasteiger charge is 2.34. The Morgan fingerprint density at radius 3 is 2.72 bits per heavy atom. The summed E-state index contributed by atoms with van der Waals surface area (Å²) < 4.78 is 11.5. The molecule has 0 fully saturated rings. The van der Waals surface area contributed by atoms with E-state index in [1.54, 1.807) is 47.6 Å². The van der Waals surface area contributed by atoms with Crippen molar-refractivity contribution in [1.29, 1.82) is 0 Å². The van der Waals surface area contributed by atoms with Crippen LogP contribution >= 0.6 is 11.3 Å². The van der Waals surface area contributed by atoms with E-state index in [2.05, 4.69) is 11.4 Å². The maximum absolute atomic E-state index is 13.8. The molecular weight excluding hydrogens is 472 g/mol. The SMILES string of the molecule is CC[C@@H](C)N(CC(=O)N1CCc2sccc2[C@@H]1COc1ccccc1C)C(=O)c1cccc(OC)c1. The van der Waals surface area contributed by atoms with Crippen molar-refractivity contribution < 1.29 is 19.1 Å². The molecule has 0 bridgehead atoms. The van der Waals surface area contributed by atoms with Gasteiger partial charge in [-0.3, -0.25) is 9.59 Å². The topological polar surface area (TPSA) is 59.1 Å². The Labute approximate surface area is 217 Å². The molecule has 2 amide bonds. The summed E-state index contributed by atoms with van der Waals surface area (Å²) in [6.07, 6.45) is 1.56. The van der Waals surface area contributed by atoms with Gasteiger partial charge in [0.2, 0.25) is 5.91 Å². The summed E-state index contributed by atoms with van der Waals surface area (Å²) in [6.45, 7) is 7.02. The van der Waals surface area contributed by atoms with E-state index in [9.17, 15) is 9.59 Å². The summed E-state index contributed by atoms with van der Waals surface area (Å²) >= 11 is 1.73. The van der Waals surface area contributed by atoms with Crippen LogP contribution in [0.15, 0.2) is 60.0 Å². The minimum Gasteiger partial charge on any atom is -0.497 e. The molecule has 2 heterocycles. The van der Waals surface area contributed by atoms with Crippen molar-refractivity contribution in [3.63, 3.8) is 0 Å². The maximum Gasteiger partial charge on any atom is 0.254 e. The number of methoxy groups -OCH3 is 1. The number of hydrogen-bond donors (Lipinski definition) is 0. The van der Waals surface area contributed by atoms with Crippen LogP contribution in [0, 0.1) is 6.92 Å². The van der Waals surface area contributed by atoms with E-state index in [0.717, 1.165) is 29.7 Å². The Morgan fingerprint density at radius 1 is 1.17 bits per heavy atom. The van der Waals surface area contributed by atoms with Crippen molar-refractivity contribution in [2.24, 2.45) is 0 Å². The van der Waals surface area contributed by atoms with E-state index < -0.39 is 0 Å². The van der Waals surface area contributed by atoms with Gasteiger partial charge in [0, 0.05) is 23.0 Å². The first-order valence-corrected chi connectivity index (χ1v) is 13.3. The summed E-state index contributed by atoms with van der Waals surface area (Å²) in [7, 11) is 1.58. The Morgan fingerprint density at radius 2 is 1.97 bits per heavy atom. The van der Waals surface area contributed by atoms with Gasteiger partial charge in [-0.15, -0.1) is 11.3 Å². The van der Waals surface area contributed by atoms with Gasteiger partial charge >= 0.3 is 0 Å². The summed E-state index contributed by atoms with van der Waals surface area (Å²) in [6, 6.07) is 16.8. The van der Waals surface area contributed by atoms with Crippen molar-refractivity contribution in [3.05, 3.63) is 81.5 Å². The number of amides is 2. The first-order chi connectivity index (χ1) is 17.4. The minimum atomic E-state index is -0.196. The number of benzene rings is 2. The highest BCUT2D eigenvalue weighted by atomic mass is 32.1. The van der Waals surface area contributed by atoms with Gasteiger partial charge in [0.05, 0.1) is 13.2 Å². The average molecular weight is 507 g/mol. The van der Waals surface area contributed by atoms with E-state index in [-0.39, 0.29) is 30.4 Å². The first kappa shape index (κ1) is 25.8. The lowest BCUT2D eigenvalue weighted by atomic mass is 10.00. The molecule has 0 unspecified atom stereocenters. The highest BCUT2D eigenvalue weighted by Crippen LogP contribution is 2.34. The van der Waals surface area contributed by atoms with Crippen LogP contribution in [-0.2, 0) is 11.2 Å². The van der Waals surface area contributed by atoms with Crippen molar-refractivity contribution in [1.82, 2.24) is 9.80 Å². The highest BCUT2D eigenvalue weighted by molar-refractivity contribution is 7.10. The van der Waals surface area contributed by atoms with Gasteiger partial charge in [0.1, 0.15) is 24.7 Å². The molecule has 190 valence electrons. The van der Waals surface area contributed by atoms with Gasteiger partial charge < -0.3 is 19.3 Å². The van der Waals surface area contributed by atoms with Crippen LogP contribution in [0.5, 0.6) is 11.5 Å². The van der Waals surface area contributed by atoms with Gasteiger partial charge in [0.15, 0.2) is 0 Å². The molecule has 7 heteroatoms. The van der Waals surface area contributed by atoms with Gasteiger partial charge in [-0.1, -0.05) is 31.2 Å². The largest absolute Gasteiger partial charge is 0.497 e. The fraction of sp³-hybridized carbons (Fsp3) is 0.379. The van der Waals surface area contributed by atoms with Crippen LogP contribution in [0.4, 0.5) is 0 Å². The molecule has 0 saturated carbocycles. The number of carbonyl (C=O) groups is 2. The van der Waals surface area contributed by atoms with Crippen molar-refractivity contribution in [3.8, 4) is 11.5 Å². The molecule has 3 aromatic rings. The van der Waals surface area contributed by atoms with E-state index in [1.165, 1.54) is 4.88 Å². The molecule has 2 atom stereocenters. The number of hydrogen-bond acceptors (Lipinski definition) is 5. The van der Waals surface area contributed by atoms with Gasteiger partial charge in [-0.05, 0) is 73.5 Å². The van der Waals surface area contributed by atoms with Gasteiger partial charge in [-0.2, -0.15) is 0 Å². The Bertz CT molecular complexity index is 1210. The normalized spacial score (nSPS) is 15.7. The van der Waals surface area contributed by atoms with Crippen LogP contribution in [0.25, 0.3) is 0 Å². The number of para-hydroxylation sites is 1. The smallest absolute Gasteiger partial charge is 0.254 e. The third kappa shape index (κ3) is 5.57. The predicted octanol–water partition coefficient (Wildman–Crippen LogP) is 5.51. The first-order valence-electron chi connectivity index (χ1n) is 12.4. The molecule has 0 spiro atoms. The molecule has 2 aromatic carbocycles. The number of thiophene rings is 1. The van der Waals surface area contributed by atoms with Crippen LogP contribution in [0.2, 0.25) is 0 Å². The molecule has 0 radical (unpaired) electrons. The lowest BCUT2D eigenvalue weighted by molar-refractivity contribution is -0.136. The van der Waals surface area contributed by atoms with E-state index in [4.69, 9.17) is 9.47 Å². The van der Waals surface area contributed by atoms with Gasteiger partial charge in [-0.25, -0.2) is 0 Å². The zero-order chi connectivity index (χ0) is 25.7. The molecule has 0 saturated heterocycles. The Kier molecular flexibility index (Phi) is 8.31. The second kappa shape index (κ2) is 11.6. The number of rotatable bonds is 9. The predicted molar refractivity (Wildman–Crippen MR) is 143 cm³/mol. The van der Waals surface area contributed by atoms with E-state index >= 15 is 0 Å². The molecule has 1 aliphatic rings. The van der Waals surface area contributed by atoms with Crippen molar-refractivity contribution >= 4 is 23.2 Å². The molecule has 6 nitrogen and oxygen atoms in total. The molecular formula is C29H34N2O4S. The minimum absolute atomic E-state index is 0.0192. The van der Waals surface area contributed by atoms with Crippen molar-refractivity contribution in [2.75, 3.05) is 26.8 Å². The second-order valence-electron chi connectivity index (χ2n) is 9.15. The summed E-state index contributed by atoms with van der Waals surface area (Å²) in [4.78, 5) is 32.1. The summed E-state index contributed by atoms with van der Waals surface area (Å²) in [5.74, 6) is 1.20. The number of aryl methyl sites for hydroxylation is 1. The lowest BCUT2D eigenvalue weighted by Gasteiger charge is -2.38. The molecule has 1 aliphatic heterocycles. The molecule has 4 rings (SSSR count). The molecule has 0 N–H and O–H groups in total. The average Bonchev–Trinajstić information content (AvgIpc) is 3.39. The fourth-order valence-electron chi connectivity index (χ4n) is 4.57. The molecule has 36 heavy (non-hydrogen) atoms. The third-order valence-electron chi connectivity index (χ3n) is 6.91. The lowest BCUT2D eigenvalue weighted by Crippen LogP contribution is -2.49. The third-order valence-corrected chi connectivity index (χ3v) is 7.91. The number of ether oxygens (including phenoxy) is 2. The van der Waals surface area contributed by atoms with Crippen LogP contribution in [0.1, 0.15) is 52.7 Å². The Balaban J connectivity index is 1.56. The number of fused-ring (bicyclic) bond motifs is 1. The number of carbonyl (C=O) groups excluding carboxylic acids is 2. The van der Waals surface area contributed by atoms with E-state index in [0.29, 0.717) is 24.5 Å². The molecule has 0 aliphatic carbocycles. The molecule has 1 aromatic heterocycles. The zero-order valence-electron chi connectivity index (χ0n) is 21.4.